The summed E-state index contributed by atoms with van der Waals surface area (Å²) in [5.74, 6) is 1.72. The van der Waals surface area contributed by atoms with Gasteiger partial charge >= 0.3 is 0 Å². The lowest BCUT2D eigenvalue weighted by Crippen LogP contribution is -2.43. The van der Waals surface area contributed by atoms with Crippen molar-refractivity contribution < 1.29 is 9.53 Å². The highest BCUT2D eigenvalue weighted by Gasteiger charge is 2.30. The number of hydrogen-bond donors (Lipinski definition) is 1. The highest BCUT2D eigenvalue weighted by atomic mass is 16.5. The second kappa shape index (κ2) is 7.07. The minimum Gasteiger partial charge on any atom is -0.379 e. The normalized spacial score (nSPS) is 22.7. The van der Waals surface area contributed by atoms with E-state index in [4.69, 9.17) is 4.74 Å². The smallest absolute Gasteiger partial charge is 0.293 e. The summed E-state index contributed by atoms with van der Waals surface area (Å²) < 4.78 is 8.38. The predicted molar refractivity (Wildman–Crippen MR) is 99.7 cm³/mol. The monoisotopic (exact) mass is 373 g/mol. The number of nitrogens with one attached hydrogen (secondary N) is 1. The maximum absolute atomic E-state index is 12.8. The lowest BCUT2D eigenvalue weighted by molar-refractivity contribution is -0.122. The number of carbonyl (C=O) groups is 1. The highest BCUT2D eigenvalue weighted by molar-refractivity contribution is 5.76. The first kappa shape index (κ1) is 18.2. The maximum atomic E-state index is 12.8. The zero-order valence-electron chi connectivity index (χ0n) is 16.1. The molecule has 8 nitrogen and oxygen atoms in total. The van der Waals surface area contributed by atoms with Crippen molar-refractivity contribution in [3.05, 3.63) is 27.9 Å². The number of nitrogens with zero attached hydrogens (tertiary/aromatic N) is 4. The third-order valence-corrected chi connectivity index (χ3v) is 5.36. The fourth-order valence-electron chi connectivity index (χ4n) is 3.86. The van der Waals surface area contributed by atoms with Crippen molar-refractivity contribution in [3.63, 3.8) is 0 Å². The molecule has 4 rings (SSSR count). The molecule has 2 atom stereocenters. The van der Waals surface area contributed by atoms with E-state index in [0.717, 1.165) is 25.0 Å². The number of aryl methyl sites for hydroxylation is 1. The SMILES string of the molecule is Cc1nn(CC(=O)N[C@@H]2COC[C@@H]2CC(C)C)c(=O)c2cc(C3CC3)nn12. The molecule has 0 spiro atoms. The summed E-state index contributed by atoms with van der Waals surface area (Å²) in [7, 11) is 0. The number of fused-ring (bicyclic) bond motifs is 1. The van der Waals surface area contributed by atoms with Crippen LogP contribution in [0.15, 0.2) is 10.9 Å². The first-order chi connectivity index (χ1) is 12.9. The lowest BCUT2D eigenvalue weighted by Gasteiger charge is -2.20. The van der Waals surface area contributed by atoms with Gasteiger partial charge in [0.25, 0.3) is 5.56 Å². The summed E-state index contributed by atoms with van der Waals surface area (Å²) in [5.41, 5.74) is 1.15. The van der Waals surface area contributed by atoms with Gasteiger partial charge in [0.05, 0.1) is 24.9 Å². The molecule has 1 N–H and O–H groups in total. The Bertz CT molecular complexity index is 912. The van der Waals surface area contributed by atoms with Gasteiger partial charge in [0.1, 0.15) is 17.9 Å². The number of ether oxygens (including phenoxy) is 1. The van der Waals surface area contributed by atoms with Gasteiger partial charge in [0.2, 0.25) is 5.91 Å². The van der Waals surface area contributed by atoms with E-state index in [9.17, 15) is 9.59 Å². The maximum Gasteiger partial charge on any atom is 0.293 e. The largest absolute Gasteiger partial charge is 0.379 e. The summed E-state index contributed by atoms with van der Waals surface area (Å²) >= 11 is 0. The average molecular weight is 373 g/mol. The Morgan fingerprint density at radius 2 is 2.11 bits per heavy atom. The van der Waals surface area contributed by atoms with E-state index in [2.05, 4.69) is 29.4 Å². The van der Waals surface area contributed by atoms with Gasteiger partial charge in [0, 0.05) is 11.8 Å². The second-order valence-electron chi connectivity index (χ2n) is 8.25. The Hall–Kier alpha value is -2.22. The zero-order chi connectivity index (χ0) is 19.1. The van der Waals surface area contributed by atoms with Crippen LogP contribution in [0.5, 0.6) is 0 Å². The number of rotatable bonds is 6. The number of hydrogen-bond acceptors (Lipinski definition) is 5. The summed E-state index contributed by atoms with van der Waals surface area (Å²) in [6.45, 7) is 7.24. The highest BCUT2D eigenvalue weighted by Crippen LogP contribution is 2.39. The van der Waals surface area contributed by atoms with E-state index in [1.165, 1.54) is 4.68 Å². The first-order valence-corrected chi connectivity index (χ1v) is 9.77. The number of amides is 1. The zero-order valence-corrected chi connectivity index (χ0v) is 16.1. The molecule has 2 aromatic heterocycles. The molecule has 1 aliphatic carbocycles. The van der Waals surface area contributed by atoms with Gasteiger partial charge in [-0.1, -0.05) is 13.8 Å². The summed E-state index contributed by atoms with van der Waals surface area (Å²) in [6, 6.07) is 1.84. The molecular formula is C19H27N5O3. The van der Waals surface area contributed by atoms with Crippen LogP contribution in [0.1, 0.15) is 50.5 Å². The van der Waals surface area contributed by atoms with Gasteiger partial charge in [0.15, 0.2) is 0 Å². The van der Waals surface area contributed by atoms with E-state index in [-0.39, 0.29) is 24.1 Å². The van der Waals surface area contributed by atoms with Crippen LogP contribution in [0.2, 0.25) is 0 Å². The molecule has 2 fully saturated rings. The quantitative estimate of drug-likeness (QED) is 0.823. The molecule has 8 heteroatoms. The lowest BCUT2D eigenvalue weighted by atomic mass is 9.93. The van der Waals surface area contributed by atoms with Gasteiger partial charge < -0.3 is 10.1 Å². The fraction of sp³-hybridized carbons (Fsp3) is 0.684. The Kier molecular flexibility index (Phi) is 4.75. The van der Waals surface area contributed by atoms with Crippen molar-refractivity contribution >= 4 is 11.4 Å². The van der Waals surface area contributed by atoms with Gasteiger partial charge in [-0.3, -0.25) is 9.59 Å². The Morgan fingerprint density at radius 3 is 2.81 bits per heavy atom. The first-order valence-electron chi connectivity index (χ1n) is 9.77. The van der Waals surface area contributed by atoms with Crippen LogP contribution in [0.3, 0.4) is 0 Å². The third-order valence-electron chi connectivity index (χ3n) is 5.36. The number of carbonyl (C=O) groups excluding carboxylic acids is 1. The molecule has 2 aliphatic rings. The molecule has 0 aromatic carbocycles. The van der Waals surface area contributed by atoms with Gasteiger partial charge in [-0.2, -0.15) is 10.2 Å². The van der Waals surface area contributed by atoms with Gasteiger partial charge in [-0.25, -0.2) is 9.20 Å². The van der Waals surface area contributed by atoms with Crippen molar-refractivity contribution in [3.8, 4) is 0 Å². The average Bonchev–Trinajstić information content (AvgIpc) is 3.21. The standard InChI is InChI=1S/C19H27N5O3/c1-11(2)6-14-9-27-10-16(14)20-18(25)8-23-19(26)17-7-15(13-4-5-13)22-24(17)12(3)21-23/h7,11,13-14,16H,4-6,8-10H2,1-3H3,(H,20,25)/t14-,16+/m0/s1. The van der Waals surface area contributed by atoms with E-state index in [1.54, 1.807) is 11.4 Å². The molecule has 146 valence electrons. The van der Waals surface area contributed by atoms with Crippen LogP contribution in [0, 0.1) is 18.8 Å². The number of aromatic nitrogens is 4. The molecule has 3 heterocycles. The van der Waals surface area contributed by atoms with Crippen LogP contribution in [-0.4, -0.2) is 44.6 Å². The van der Waals surface area contributed by atoms with Gasteiger partial charge in [-0.15, -0.1) is 0 Å². The molecule has 0 bridgehead atoms. The summed E-state index contributed by atoms with van der Waals surface area (Å²) in [6.07, 6.45) is 3.25. The molecule has 0 radical (unpaired) electrons. The van der Waals surface area contributed by atoms with Crippen molar-refractivity contribution in [1.29, 1.82) is 0 Å². The molecule has 0 unspecified atom stereocenters. The van der Waals surface area contributed by atoms with Crippen LogP contribution in [-0.2, 0) is 16.1 Å². The molecule has 1 aliphatic heterocycles. The Labute approximate surface area is 157 Å². The molecule has 27 heavy (non-hydrogen) atoms. The third kappa shape index (κ3) is 3.76. The minimum absolute atomic E-state index is 0.00290. The van der Waals surface area contributed by atoms with Crippen LogP contribution in [0.4, 0.5) is 0 Å². The summed E-state index contributed by atoms with van der Waals surface area (Å²) in [4.78, 5) is 25.3. The molecular weight excluding hydrogens is 346 g/mol. The van der Waals surface area contributed by atoms with Crippen molar-refractivity contribution in [1.82, 2.24) is 24.7 Å². The van der Waals surface area contributed by atoms with Crippen molar-refractivity contribution in [2.75, 3.05) is 13.2 Å². The summed E-state index contributed by atoms with van der Waals surface area (Å²) in [5, 5.41) is 11.8. The van der Waals surface area contributed by atoms with Crippen molar-refractivity contribution in [2.24, 2.45) is 11.8 Å². The van der Waals surface area contributed by atoms with E-state index in [0.29, 0.717) is 42.3 Å². The minimum atomic E-state index is -0.281. The van der Waals surface area contributed by atoms with E-state index < -0.39 is 0 Å². The topological polar surface area (TPSA) is 90.5 Å². The molecule has 1 amide bonds. The van der Waals surface area contributed by atoms with Crippen LogP contribution >= 0.6 is 0 Å². The van der Waals surface area contributed by atoms with Crippen LogP contribution < -0.4 is 10.9 Å². The van der Waals surface area contributed by atoms with E-state index in [1.807, 2.05) is 6.07 Å². The van der Waals surface area contributed by atoms with Crippen LogP contribution in [0.25, 0.3) is 5.52 Å². The second-order valence-corrected chi connectivity index (χ2v) is 8.25. The Balaban J connectivity index is 1.50. The molecule has 1 saturated heterocycles. The fourth-order valence-corrected chi connectivity index (χ4v) is 3.86. The van der Waals surface area contributed by atoms with Crippen molar-refractivity contribution in [2.45, 2.75) is 58.5 Å². The van der Waals surface area contributed by atoms with E-state index >= 15 is 0 Å². The Morgan fingerprint density at radius 1 is 1.33 bits per heavy atom. The van der Waals surface area contributed by atoms with Gasteiger partial charge in [-0.05, 0) is 38.2 Å². The molecule has 2 aromatic rings. The molecule has 1 saturated carbocycles. The predicted octanol–water partition coefficient (Wildman–Crippen LogP) is 1.25.